The molecule has 2 aromatic heterocycles. The average Bonchev–Trinajstić information content (AvgIpc) is 3.46. The van der Waals surface area contributed by atoms with Crippen molar-refractivity contribution < 1.29 is 14.3 Å². The summed E-state index contributed by atoms with van der Waals surface area (Å²) in [6.07, 6.45) is 1.61. The van der Waals surface area contributed by atoms with Crippen LogP contribution in [-0.4, -0.2) is 35.1 Å². The first kappa shape index (κ1) is 27.6. The minimum atomic E-state index is -0.544. The van der Waals surface area contributed by atoms with Crippen LogP contribution in [0.4, 0.5) is 5.69 Å². The second-order valence-corrected chi connectivity index (χ2v) is 10.7. The van der Waals surface area contributed by atoms with E-state index in [2.05, 4.69) is 9.88 Å². The third kappa shape index (κ3) is 4.47. The van der Waals surface area contributed by atoms with Gasteiger partial charge in [-0.3, -0.25) is 19.3 Å². The van der Waals surface area contributed by atoms with E-state index in [1.54, 1.807) is 62.6 Å². The van der Waals surface area contributed by atoms with E-state index in [0.717, 1.165) is 17.0 Å². The van der Waals surface area contributed by atoms with Crippen molar-refractivity contribution in [2.75, 3.05) is 19.1 Å². The molecule has 0 bridgehead atoms. The predicted octanol–water partition coefficient (Wildman–Crippen LogP) is 5.86. The molecule has 1 aliphatic heterocycles. The first-order valence-electron chi connectivity index (χ1n) is 12.7. The smallest absolute Gasteiger partial charge is 0.269 e. The molecule has 1 aliphatic rings. The van der Waals surface area contributed by atoms with E-state index >= 15 is 0 Å². The molecule has 10 heteroatoms. The minimum Gasteiger partial charge on any atom is -0.496 e. The number of anilines is 1. The van der Waals surface area contributed by atoms with E-state index < -0.39 is 6.04 Å². The Bertz CT molecular complexity index is 1680. The predicted molar refractivity (Wildman–Crippen MR) is 157 cm³/mol. The van der Waals surface area contributed by atoms with E-state index in [1.165, 1.54) is 10.6 Å². The Morgan fingerprint density at radius 3 is 2.30 bits per heavy atom. The maximum Gasteiger partial charge on any atom is 0.269 e. The topological polar surface area (TPSA) is 85.6 Å². The SMILES string of the molecule is CNC(=O)c1ccc(OC)c(-c2cc3c(n2C(C)C)C(c2ccc(Cl)cc2)N(c2cc(Cl)c(=O)n(C)c2)C3=O)c1. The number of nitrogens with one attached hydrogen (secondary N) is 1. The maximum atomic E-state index is 14.2. The lowest BCUT2D eigenvalue weighted by atomic mass is 10.0. The normalized spacial score (nSPS) is 14.6. The number of methoxy groups -OCH3 is 1. The summed E-state index contributed by atoms with van der Waals surface area (Å²) in [6, 6.07) is 15.3. The number of nitrogens with zero attached hydrogens (tertiary/aromatic N) is 3. The number of rotatable bonds is 6. The van der Waals surface area contributed by atoms with Crippen LogP contribution in [0.15, 0.2) is 65.6 Å². The molecule has 5 rings (SSSR count). The van der Waals surface area contributed by atoms with Gasteiger partial charge in [0.25, 0.3) is 17.4 Å². The van der Waals surface area contributed by atoms with Gasteiger partial charge in [-0.1, -0.05) is 35.3 Å². The molecule has 0 saturated heterocycles. The molecule has 40 heavy (non-hydrogen) atoms. The number of amides is 2. The van der Waals surface area contributed by atoms with Gasteiger partial charge in [0.05, 0.1) is 29.7 Å². The first-order valence-corrected chi connectivity index (χ1v) is 13.4. The summed E-state index contributed by atoms with van der Waals surface area (Å²) in [5.74, 6) is 0.0987. The van der Waals surface area contributed by atoms with Gasteiger partial charge in [0, 0.05) is 42.5 Å². The number of hydrogen-bond acceptors (Lipinski definition) is 4. The molecule has 0 fully saturated rings. The summed E-state index contributed by atoms with van der Waals surface area (Å²) >= 11 is 12.5. The zero-order valence-electron chi connectivity index (χ0n) is 22.7. The zero-order valence-corrected chi connectivity index (χ0v) is 24.2. The van der Waals surface area contributed by atoms with Gasteiger partial charge >= 0.3 is 0 Å². The Morgan fingerprint density at radius 1 is 1.00 bits per heavy atom. The van der Waals surface area contributed by atoms with Crippen LogP contribution in [0.2, 0.25) is 10.0 Å². The van der Waals surface area contributed by atoms with Gasteiger partial charge in [0.2, 0.25) is 0 Å². The molecule has 4 aromatic rings. The van der Waals surface area contributed by atoms with Crippen LogP contribution >= 0.6 is 23.2 Å². The third-order valence-corrected chi connectivity index (χ3v) is 7.64. The largest absolute Gasteiger partial charge is 0.496 e. The molecule has 8 nitrogen and oxygen atoms in total. The van der Waals surface area contributed by atoms with Gasteiger partial charge in [0.15, 0.2) is 0 Å². The lowest BCUT2D eigenvalue weighted by Gasteiger charge is -2.29. The van der Waals surface area contributed by atoms with Crippen molar-refractivity contribution in [3.63, 3.8) is 0 Å². The average molecular weight is 579 g/mol. The van der Waals surface area contributed by atoms with Crippen molar-refractivity contribution in [1.29, 1.82) is 0 Å². The van der Waals surface area contributed by atoms with Crippen LogP contribution in [-0.2, 0) is 7.05 Å². The zero-order chi connectivity index (χ0) is 28.9. The van der Waals surface area contributed by atoms with Crippen molar-refractivity contribution in [1.82, 2.24) is 14.5 Å². The van der Waals surface area contributed by atoms with Crippen molar-refractivity contribution in [2.24, 2.45) is 7.05 Å². The minimum absolute atomic E-state index is 0.0161. The second kappa shape index (κ2) is 10.5. The monoisotopic (exact) mass is 578 g/mol. The molecule has 206 valence electrons. The van der Waals surface area contributed by atoms with Gasteiger partial charge in [-0.25, -0.2) is 0 Å². The van der Waals surface area contributed by atoms with Gasteiger partial charge in [-0.2, -0.15) is 0 Å². The number of aryl methyl sites for hydroxylation is 1. The molecule has 3 heterocycles. The summed E-state index contributed by atoms with van der Waals surface area (Å²) < 4.78 is 9.14. The Balaban J connectivity index is 1.80. The number of aromatic nitrogens is 2. The fourth-order valence-corrected chi connectivity index (χ4v) is 5.69. The first-order chi connectivity index (χ1) is 19.1. The Labute approximate surface area is 241 Å². The summed E-state index contributed by atoms with van der Waals surface area (Å²) in [5, 5.41) is 3.24. The Hall–Kier alpha value is -4.01. The van der Waals surface area contributed by atoms with Gasteiger partial charge < -0.3 is 19.2 Å². The number of ether oxygens (including phenoxy) is 1. The maximum absolute atomic E-state index is 14.2. The number of carbonyl (C=O) groups is 2. The molecule has 1 N–H and O–H groups in total. The van der Waals surface area contributed by atoms with Crippen molar-refractivity contribution in [2.45, 2.75) is 25.9 Å². The number of fused-ring (bicyclic) bond motifs is 1. The summed E-state index contributed by atoms with van der Waals surface area (Å²) in [4.78, 5) is 40.7. The highest BCUT2D eigenvalue weighted by atomic mass is 35.5. The van der Waals surface area contributed by atoms with Crippen LogP contribution in [0.1, 0.15) is 57.9 Å². The van der Waals surface area contributed by atoms with Crippen LogP contribution in [0.25, 0.3) is 11.3 Å². The quantitative estimate of drug-likeness (QED) is 0.310. The molecule has 0 radical (unpaired) electrons. The van der Waals surface area contributed by atoms with Crippen LogP contribution in [0.3, 0.4) is 0 Å². The number of carbonyl (C=O) groups excluding carboxylic acids is 2. The van der Waals surface area contributed by atoms with Gasteiger partial charge in [-0.05, 0) is 61.9 Å². The van der Waals surface area contributed by atoms with Crippen LogP contribution < -0.4 is 20.5 Å². The number of hydrogen-bond donors (Lipinski definition) is 1. The molecule has 0 spiro atoms. The third-order valence-electron chi connectivity index (χ3n) is 7.11. The molecule has 1 unspecified atom stereocenters. The van der Waals surface area contributed by atoms with Crippen molar-refractivity contribution in [3.8, 4) is 17.0 Å². The number of pyridine rings is 1. The van der Waals surface area contributed by atoms with Gasteiger partial charge in [-0.15, -0.1) is 0 Å². The molecular weight excluding hydrogens is 551 g/mol. The highest BCUT2D eigenvalue weighted by Crippen LogP contribution is 2.47. The summed E-state index contributed by atoms with van der Waals surface area (Å²) in [6.45, 7) is 4.07. The Morgan fingerprint density at radius 2 is 1.70 bits per heavy atom. The molecule has 2 amide bonds. The fourth-order valence-electron chi connectivity index (χ4n) is 5.32. The summed E-state index contributed by atoms with van der Waals surface area (Å²) in [7, 11) is 4.75. The lowest BCUT2D eigenvalue weighted by molar-refractivity contribution is 0.0961. The van der Waals surface area contributed by atoms with E-state index in [-0.39, 0.29) is 28.4 Å². The van der Waals surface area contributed by atoms with E-state index in [1.807, 2.05) is 32.0 Å². The van der Waals surface area contributed by atoms with E-state index in [0.29, 0.717) is 33.1 Å². The van der Waals surface area contributed by atoms with Crippen LogP contribution in [0.5, 0.6) is 5.75 Å². The van der Waals surface area contributed by atoms with Gasteiger partial charge in [0.1, 0.15) is 16.8 Å². The highest BCUT2D eigenvalue weighted by Gasteiger charge is 2.43. The lowest BCUT2D eigenvalue weighted by Crippen LogP contribution is -2.31. The molecule has 0 aliphatic carbocycles. The number of benzene rings is 2. The fraction of sp³-hybridized carbons (Fsp3) is 0.233. The second-order valence-electron chi connectivity index (χ2n) is 9.88. The van der Waals surface area contributed by atoms with E-state index in [9.17, 15) is 14.4 Å². The number of halogens is 2. The highest BCUT2D eigenvalue weighted by molar-refractivity contribution is 6.31. The van der Waals surface area contributed by atoms with Crippen molar-refractivity contribution in [3.05, 3.63) is 104 Å². The molecular formula is C30H28Cl2N4O4. The summed E-state index contributed by atoms with van der Waals surface area (Å²) in [5.41, 5.74) is 4.14. The van der Waals surface area contributed by atoms with E-state index in [4.69, 9.17) is 27.9 Å². The Kier molecular flexibility index (Phi) is 7.25. The molecule has 1 atom stereocenters. The van der Waals surface area contributed by atoms with Crippen LogP contribution in [0, 0.1) is 0 Å². The standard InChI is InChI=1S/C30H28Cl2N4O4/c1-16(2)35-24(21-12-18(28(37)33-3)8-11-25(21)40-5)14-22-27(35)26(17-6-9-19(31)10-7-17)36(29(22)38)20-13-23(32)30(39)34(4)15-20/h6-16,26H,1-5H3,(H,33,37). The molecule has 2 aromatic carbocycles. The molecule has 0 saturated carbocycles. The van der Waals surface area contributed by atoms with Crippen molar-refractivity contribution >= 4 is 40.7 Å².